The number of pyridine rings is 1. The van der Waals surface area contributed by atoms with E-state index in [-0.39, 0.29) is 16.8 Å². The topological polar surface area (TPSA) is 91.0 Å². The van der Waals surface area contributed by atoms with Crippen LogP contribution in [-0.2, 0) is 6.42 Å². The molecule has 2 aromatic heterocycles. The van der Waals surface area contributed by atoms with Crippen LogP contribution in [0.4, 0.5) is 5.82 Å². The van der Waals surface area contributed by atoms with Crippen molar-refractivity contribution >= 4 is 17.4 Å². The van der Waals surface area contributed by atoms with Gasteiger partial charge in [-0.05, 0) is 22.0 Å². The van der Waals surface area contributed by atoms with Gasteiger partial charge in [-0.1, -0.05) is 6.92 Å². The molecule has 0 bridgehead atoms. The van der Waals surface area contributed by atoms with Crippen LogP contribution in [0.5, 0.6) is 10.9 Å². The smallest absolute Gasteiger partial charge is 0.406 e. The molecule has 88 valence electrons. The molecule has 0 saturated carbocycles. The highest BCUT2D eigenvalue weighted by Gasteiger charge is 2.17. The number of aryl methyl sites for hydroxylation is 1. The number of hydrogen-bond donors (Lipinski definition) is 0. The van der Waals surface area contributed by atoms with Crippen LogP contribution in [0.15, 0.2) is 18.3 Å². The fourth-order valence-corrected chi connectivity index (χ4v) is 1.74. The largest absolute Gasteiger partial charge is 0.421 e. The first-order valence-electron chi connectivity index (χ1n) is 4.80. The molecule has 0 unspecified atom stereocenters. The Balaban J connectivity index is 2.26. The predicted octanol–water partition coefficient (Wildman–Crippen LogP) is 2.20. The Kier molecular flexibility index (Phi) is 3.24. The van der Waals surface area contributed by atoms with E-state index >= 15 is 0 Å². The van der Waals surface area contributed by atoms with E-state index in [4.69, 9.17) is 4.74 Å². The fourth-order valence-electron chi connectivity index (χ4n) is 1.12. The summed E-state index contributed by atoms with van der Waals surface area (Å²) in [6, 6.07) is 3.03. The highest BCUT2D eigenvalue weighted by atomic mass is 32.1. The molecule has 0 N–H and O–H groups in total. The van der Waals surface area contributed by atoms with Crippen molar-refractivity contribution in [2.24, 2.45) is 0 Å². The average Bonchev–Trinajstić information content (AvgIpc) is 2.77. The molecule has 0 radical (unpaired) electrons. The summed E-state index contributed by atoms with van der Waals surface area (Å²) in [5.74, 6) is 0.383. The molecule has 2 heterocycles. The number of nitro groups is 1. The number of hydrogen-bond acceptors (Lipinski definition) is 7. The van der Waals surface area contributed by atoms with Crippen molar-refractivity contribution < 1.29 is 9.66 Å². The van der Waals surface area contributed by atoms with E-state index in [1.165, 1.54) is 12.3 Å². The molecule has 7 nitrogen and oxygen atoms in total. The van der Waals surface area contributed by atoms with Crippen molar-refractivity contribution in [3.63, 3.8) is 0 Å². The van der Waals surface area contributed by atoms with Crippen molar-refractivity contribution in [3.8, 4) is 10.9 Å². The summed E-state index contributed by atoms with van der Waals surface area (Å²) in [6.07, 6.45) is 2.03. The minimum absolute atomic E-state index is 0.0660. The van der Waals surface area contributed by atoms with Crippen molar-refractivity contribution in [2.45, 2.75) is 13.3 Å². The van der Waals surface area contributed by atoms with Crippen LogP contribution in [0.1, 0.15) is 12.7 Å². The van der Waals surface area contributed by atoms with Gasteiger partial charge in [0.1, 0.15) is 12.0 Å². The van der Waals surface area contributed by atoms with Crippen LogP contribution < -0.4 is 4.74 Å². The fraction of sp³-hybridized carbons (Fsp3) is 0.222. The molecular weight excluding hydrogens is 244 g/mol. The lowest BCUT2D eigenvalue weighted by Gasteiger charge is -2.00. The second kappa shape index (κ2) is 4.83. The number of ether oxygens (including phenoxy) is 1. The molecule has 0 aliphatic heterocycles. The highest BCUT2D eigenvalue weighted by Crippen LogP contribution is 2.29. The molecule has 2 rings (SSSR count). The van der Waals surface area contributed by atoms with Gasteiger partial charge in [-0.15, -0.1) is 0 Å². The Hall–Kier alpha value is -2.09. The van der Waals surface area contributed by atoms with Gasteiger partial charge < -0.3 is 14.9 Å². The summed E-state index contributed by atoms with van der Waals surface area (Å²) in [5, 5.41) is 11.0. The van der Waals surface area contributed by atoms with Crippen LogP contribution in [0.25, 0.3) is 0 Å². The van der Waals surface area contributed by atoms with Gasteiger partial charge in [0.2, 0.25) is 5.75 Å². The molecule has 0 atom stereocenters. The summed E-state index contributed by atoms with van der Waals surface area (Å²) in [4.78, 5) is 17.8. The lowest BCUT2D eigenvalue weighted by atomic mass is 10.4. The summed E-state index contributed by atoms with van der Waals surface area (Å²) < 4.78 is 9.31. The molecule has 0 aliphatic rings. The number of nitrogens with zero attached hydrogens (tertiary/aromatic N) is 4. The van der Waals surface area contributed by atoms with E-state index in [9.17, 15) is 10.1 Å². The van der Waals surface area contributed by atoms with Gasteiger partial charge in [0.25, 0.3) is 5.19 Å². The third-order valence-electron chi connectivity index (χ3n) is 1.89. The molecule has 2 aromatic rings. The zero-order valence-electron chi connectivity index (χ0n) is 8.86. The Morgan fingerprint density at radius 1 is 1.59 bits per heavy atom. The van der Waals surface area contributed by atoms with Gasteiger partial charge in [-0.2, -0.15) is 9.36 Å². The normalized spacial score (nSPS) is 10.2. The minimum atomic E-state index is -0.600. The Bertz CT molecular complexity index is 543. The third kappa shape index (κ3) is 2.53. The van der Waals surface area contributed by atoms with Gasteiger partial charge >= 0.3 is 5.82 Å². The maximum Gasteiger partial charge on any atom is 0.406 e. The van der Waals surface area contributed by atoms with E-state index in [1.54, 1.807) is 6.07 Å². The first-order valence-corrected chi connectivity index (χ1v) is 5.58. The maximum absolute atomic E-state index is 10.7. The molecule has 0 saturated heterocycles. The first-order chi connectivity index (χ1) is 8.20. The molecular formula is C9H8N4O3S. The summed E-state index contributed by atoms with van der Waals surface area (Å²) in [7, 11) is 0. The van der Waals surface area contributed by atoms with Crippen molar-refractivity contribution in [2.75, 3.05) is 0 Å². The van der Waals surface area contributed by atoms with Gasteiger partial charge in [0, 0.05) is 18.0 Å². The predicted molar refractivity (Wildman–Crippen MR) is 60.3 cm³/mol. The summed E-state index contributed by atoms with van der Waals surface area (Å²) >= 11 is 1.06. The average molecular weight is 252 g/mol. The Labute approximate surface area is 100 Å². The van der Waals surface area contributed by atoms with Gasteiger partial charge in [0.15, 0.2) is 0 Å². The van der Waals surface area contributed by atoms with Crippen LogP contribution >= 0.6 is 11.5 Å². The number of aromatic nitrogens is 3. The van der Waals surface area contributed by atoms with Crippen LogP contribution in [0, 0.1) is 10.1 Å². The minimum Gasteiger partial charge on any atom is -0.421 e. The van der Waals surface area contributed by atoms with Crippen LogP contribution in [0.3, 0.4) is 0 Å². The van der Waals surface area contributed by atoms with Crippen LogP contribution in [0.2, 0.25) is 0 Å². The van der Waals surface area contributed by atoms with Gasteiger partial charge in [-0.3, -0.25) is 0 Å². The standard InChI is InChI=1S/C9H8N4O3S/c1-2-7-11-9(17-12-7)16-6-4-3-5-10-8(6)13(14)15/h3-5H,2H2,1H3. The summed E-state index contributed by atoms with van der Waals surface area (Å²) in [5.41, 5.74) is 0. The van der Waals surface area contributed by atoms with E-state index < -0.39 is 4.92 Å². The molecule has 0 amide bonds. The molecule has 17 heavy (non-hydrogen) atoms. The van der Waals surface area contributed by atoms with Gasteiger partial charge in [0.05, 0.1) is 0 Å². The van der Waals surface area contributed by atoms with E-state index in [0.29, 0.717) is 12.2 Å². The zero-order chi connectivity index (χ0) is 12.3. The maximum atomic E-state index is 10.7. The second-order valence-electron chi connectivity index (χ2n) is 3.01. The monoisotopic (exact) mass is 252 g/mol. The van der Waals surface area contributed by atoms with Crippen molar-refractivity contribution in [1.82, 2.24) is 14.3 Å². The third-order valence-corrected chi connectivity index (χ3v) is 2.52. The van der Waals surface area contributed by atoms with Crippen molar-refractivity contribution in [3.05, 3.63) is 34.3 Å². The molecule has 0 aromatic carbocycles. The van der Waals surface area contributed by atoms with E-state index in [1.807, 2.05) is 6.92 Å². The number of rotatable bonds is 4. The van der Waals surface area contributed by atoms with Crippen LogP contribution in [-0.4, -0.2) is 19.3 Å². The van der Waals surface area contributed by atoms with E-state index in [2.05, 4.69) is 14.3 Å². The SMILES string of the molecule is CCc1nsc(Oc2cccnc2[N+](=O)[O-])n1. The Morgan fingerprint density at radius 2 is 2.41 bits per heavy atom. The lowest BCUT2D eigenvalue weighted by molar-refractivity contribution is -0.390. The highest BCUT2D eigenvalue weighted by molar-refractivity contribution is 7.07. The van der Waals surface area contributed by atoms with E-state index in [0.717, 1.165) is 11.5 Å². The quantitative estimate of drug-likeness (QED) is 0.611. The molecule has 0 fully saturated rings. The molecule has 8 heteroatoms. The second-order valence-corrected chi connectivity index (χ2v) is 3.73. The zero-order valence-corrected chi connectivity index (χ0v) is 9.68. The first kappa shape index (κ1) is 11.4. The molecule has 0 spiro atoms. The van der Waals surface area contributed by atoms with Crippen molar-refractivity contribution in [1.29, 1.82) is 0 Å². The van der Waals surface area contributed by atoms with Gasteiger partial charge in [-0.25, -0.2) is 0 Å². The lowest BCUT2D eigenvalue weighted by Crippen LogP contribution is -1.95. The Morgan fingerprint density at radius 3 is 3.06 bits per heavy atom. The summed E-state index contributed by atoms with van der Waals surface area (Å²) in [6.45, 7) is 1.92. The molecule has 0 aliphatic carbocycles.